The summed E-state index contributed by atoms with van der Waals surface area (Å²) in [5.41, 5.74) is -0.103. The number of carbonyl (C=O) groups excluding carboxylic acids is 1. The Bertz CT molecular complexity index is 1050. The Morgan fingerprint density at radius 2 is 2.03 bits per heavy atom. The summed E-state index contributed by atoms with van der Waals surface area (Å²) in [6.07, 6.45) is 5.58. The van der Waals surface area contributed by atoms with Crippen LogP contribution in [0.15, 0.2) is 48.0 Å². The number of halogens is 2. The fourth-order valence-electron chi connectivity index (χ4n) is 2.65. The average molecular weight is 436 g/mol. The lowest BCUT2D eigenvalue weighted by molar-refractivity contribution is 0.00707. The monoisotopic (exact) mass is 436 g/mol. The van der Waals surface area contributed by atoms with E-state index in [2.05, 4.69) is 15.3 Å². The molecule has 0 unspecified atom stereocenters. The number of hydrogen-bond acceptors (Lipinski definition) is 6. The van der Waals surface area contributed by atoms with Gasteiger partial charge >= 0.3 is 5.92 Å². The van der Waals surface area contributed by atoms with Gasteiger partial charge in [0.2, 0.25) is 11.7 Å². The van der Waals surface area contributed by atoms with Crippen LogP contribution in [0.4, 0.5) is 8.78 Å². The summed E-state index contributed by atoms with van der Waals surface area (Å²) in [5, 5.41) is 4.03. The van der Waals surface area contributed by atoms with E-state index in [0.717, 1.165) is 19.0 Å². The molecule has 1 aromatic carbocycles. The Kier molecular flexibility index (Phi) is 6.16. The third-order valence-electron chi connectivity index (χ3n) is 4.32. The van der Waals surface area contributed by atoms with E-state index in [1.165, 1.54) is 17.7 Å². The van der Waals surface area contributed by atoms with Crippen molar-refractivity contribution in [3.8, 4) is 11.6 Å². The van der Waals surface area contributed by atoms with Crippen molar-refractivity contribution in [2.75, 3.05) is 6.26 Å². The number of carbonyl (C=O) groups is 1. The summed E-state index contributed by atoms with van der Waals surface area (Å²) >= 11 is 0. The van der Waals surface area contributed by atoms with Crippen LogP contribution in [0.3, 0.4) is 0 Å². The van der Waals surface area contributed by atoms with E-state index in [9.17, 15) is 17.8 Å². The lowest BCUT2D eigenvalue weighted by Crippen LogP contribution is -2.35. The second kappa shape index (κ2) is 8.47. The number of ether oxygens (including phenoxy) is 1. The van der Waals surface area contributed by atoms with Crippen LogP contribution in [-0.4, -0.2) is 32.4 Å². The largest absolute Gasteiger partial charge is 0.438 e. The minimum absolute atomic E-state index is 0.103. The normalized spacial score (nSPS) is 17.3. The number of alkyl halides is 2. The molecule has 1 amide bonds. The van der Waals surface area contributed by atoms with Crippen molar-refractivity contribution in [1.82, 2.24) is 15.3 Å². The van der Waals surface area contributed by atoms with Crippen molar-refractivity contribution < 1.29 is 22.5 Å². The van der Waals surface area contributed by atoms with E-state index >= 15 is 0 Å². The van der Waals surface area contributed by atoms with Crippen molar-refractivity contribution in [3.63, 3.8) is 0 Å². The molecule has 160 valence electrons. The summed E-state index contributed by atoms with van der Waals surface area (Å²) in [6.45, 7) is 0.658. The van der Waals surface area contributed by atoms with Crippen molar-refractivity contribution >= 4 is 15.6 Å². The predicted molar refractivity (Wildman–Crippen MR) is 108 cm³/mol. The number of nitrogens with zero attached hydrogens (tertiary/aromatic N) is 2. The SMILES string of the molecule is CC(F)(F)c1ncc(C(=O)N[C@@H](/C=C/[S@@](C)(=N)=O)C2CC2)c(Oc2ccccc2)n1. The predicted octanol–water partition coefficient (Wildman–Crippen LogP) is 4.08. The Hall–Kier alpha value is -2.88. The molecule has 3 rings (SSSR count). The zero-order valence-electron chi connectivity index (χ0n) is 16.5. The second-order valence-electron chi connectivity index (χ2n) is 7.29. The number of para-hydroxylation sites is 1. The van der Waals surface area contributed by atoms with Gasteiger partial charge < -0.3 is 10.1 Å². The zero-order valence-corrected chi connectivity index (χ0v) is 17.3. The molecule has 1 aliphatic carbocycles. The zero-order chi connectivity index (χ0) is 21.9. The van der Waals surface area contributed by atoms with Gasteiger partial charge in [-0.3, -0.25) is 4.79 Å². The van der Waals surface area contributed by atoms with Gasteiger partial charge in [-0.05, 0) is 30.9 Å². The van der Waals surface area contributed by atoms with E-state index in [4.69, 9.17) is 9.52 Å². The van der Waals surface area contributed by atoms with Crippen LogP contribution in [0, 0.1) is 10.7 Å². The molecule has 1 heterocycles. The smallest absolute Gasteiger partial charge is 0.303 e. The van der Waals surface area contributed by atoms with E-state index in [-0.39, 0.29) is 17.4 Å². The highest BCUT2D eigenvalue weighted by Gasteiger charge is 2.33. The molecular formula is C20H22F2N4O3S. The maximum atomic E-state index is 13.7. The summed E-state index contributed by atoms with van der Waals surface area (Å²) in [6, 6.07) is 7.92. The van der Waals surface area contributed by atoms with Crippen molar-refractivity contribution in [2.45, 2.75) is 31.7 Å². The van der Waals surface area contributed by atoms with E-state index in [0.29, 0.717) is 12.7 Å². The molecule has 0 bridgehead atoms. The van der Waals surface area contributed by atoms with Gasteiger partial charge in [0, 0.05) is 24.8 Å². The maximum Gasteiger partial charge on any atom is 0.303 e. The number of aromatic nitrogens is 2. The number of amides is 1. The lowest BCUT2D eigenvalue weighted by Gasteiger charge is -2.17. The highest BCUT2D eigenvalue weighted by Crippen LogP contribution is 2.34. The molecule has 1 aromatic heterocycles. The average Bonchev–Trinajstić information content (AvgIpc) is 3.49. The van der Waals surface area contributed by atoms with Crippen LogP contribution in [0.25, 0.3) is 0 Å². The molecule has 0 saturated heterocycles. The summed E-state index contributed by atoms with van der Waals surface area (Å²) in [4.78, 5) is 20.3. The first-order valence-electron chi connectivity index (χ1n) is 9.24. The molecule has 0 spiro atoms. The Morgan fingerprint density at radius 1 is 1.37 bits per heavy atom. The first kappa shape index (κ1) is 21.8. The molecule has 0 radical (unpaired) electrons. The van der Waals surface area contributed by atoms with Gasteiger partial charge in [0.05, 0.1) is 15.8 Å². The van der Waals surface area contributed by atoms with Crippen molar-refractivity contribution in [2.24, 2.45) is 5.92 Å². The van der Waals surface area contributed by atoms with Gasteiger partial charge in [0.1, 0.15) is 11.3 Å². The van der Waals surface area contributed by atoms with E-state index in [1.54, 1.807) is 30.3 Å². The topological polar surface area (TPSA) is 105 Å². The van der Waals surface area contributed by atoms with Crippen LogP contribution in [0.2, 0.25) is 0 Å². The van der Waals surface area contributed by atoms with Gasteiger partial charge in [-0.1, -0.05) is 24.3 Å². The van der Waals surface area contributed by atoms with E-state index < -0.39 is 33.4 Å². The van der Waals surface area contributed by atoms with Crippen molar-refractivity contribution in [3.05, 3.63) is 59.4 Å². The molecule has 7 nitrogen and oxygen atoms in total. The first-order valence-corrected chi connectivity index (χ1v) is 11.3. The Morgan fingerprint density at radius 3 is 2.60 bits per heavy atom. The Balaban J connectivity index is 1.90. The highest BCUT2D eigenvalue weighted by atomic mass is 32.2. The van der Waals surface area contributed by atoms with Crippen LogP contribution in [0.5, 0.6) is 11.6 Å². The fraction of sp³-hybridized carbons (Fsp3) is 0.350. The van der Waals surface area contributed by atoms with Crippen LogP contribution in [0.1, 0.15) is 35.9 Å². The molecule has 30 heavy (non-hydrogen) atoms. The maximum absolute atomic E-state index is 13.7. The first-order chi connectivity index (χ1) is 14.0. The summed E-state index contributed by atoms with van der Waals surface area (Å²) in [5.74, 6) is -4.48. The number of hydrogen-bond donors (Lipinski definition) is 2. The molecule has 10 heteroatoms. The standard InChI is InChI=1S/C20H22F2N4O3S/c1-20(21,22)19-24-12-15(18(26-19)29-14-6-4-3-5-7-14)17(27)25-16(13-8-9-13)10-11-30(2,23)28/h3-7,10-13,16,23H,8-9H2,1-2H3,(H,25,27)/b11-10+/t16-,30-/m0/s1. The number of rotatable bonds is 8. The molecule has 1 fully saturated rings. The summed E-state index contributed by atoms with van der Waals surface area (Å²) < 4.78 is 52.1. The van der Waals surface area contributed by atoms with Crippen LogP contribution >= 0.6 is 0 Å². The quantitative estimate of drug-likeness (QED) is 0.649. The number of nitrogens with one attached hydrogen (secondary N) is 2. The molecule has 2 aromatic rings. The minimum atomic E-state index is -3.31. The highest BCUT2D eigenvalue weighted by molar-refractivity contribution is 7.94. The molecular weight excluding hydrogens is 414 g/mol. The Labute approximate surface area is 173 Å². The molecule has 1 saturated carbocycles. The summed E-state index contributed by atoms with van der Waals surface area (Å²) in [7, 11) is -2.86. The van der Waals surface area contributed by atoms with Gasteiger partial charge in [0.15, 0.2) is 0 Å². The molecule has 0 aliphatic heterocycles. The molecule has 2 atom stereocenters. The van der Waals surface area contributed by atoms with Crippen molar-refractivity contribution in [1.29, 1.82) is 4.78 Å². The molecule has 1 aliphatic rings. The van der Waals surface area contributed by atoms with Gasteiger partial charge in [-0.15, -0.1) is 0 Å². The van der Waals surface area contributed by atoms with Gasteiger partial charge in [0.25, 0.3) is 5.91 Å². The van der Waals surface area contributed by atoms with Gasteiger partial charge in [-0.2, -0.15) is 13.8 Å². The molecule has 2 N–H and O–H groups in total. The van der Waals surface area contributed by atoms with Gasteiger partial charge in [-0.25, -0.2) is 14.0 Å². The van der Waals surface area contributed by atoms with E-state index in [1.807, 2.05) is 0 Å². The van der Waals surface area contributed by atoms with Crippen LogP contribution in [-0.2, 0) is 15.7 Å². The third-order valence-corrected chi connectivity index (χ3v) is 5.00. The fourth-order valence-corrected chi connectivity index (χ4v) is 3.12. The number of benzene rings is 1. The van der Waals surface area contributed by atoms with Crippen LogP contribution < -0.4 is 10.1 Å². The lowest BCUT2D eigenvalue weighted by atomic mass is 10.1. The third kappa shape index (κ3) is 6.06. The second-order valence-corrected chi connectivity index (χ2v) is 9.37. The minimum Gasteiger partial charge on any atom is -0.438 e.